The van der Waals surface area contributed by atoms with Crippen LogP contribution < -0.4 is 5.43 Å². The maximum Gasteiger partial charge on any atom is 0.233 e. The monoisotopic (exact) mass is 379 g/mol. The molecule has 0 unspecified atom stereocenters. The summed E-state index contributed by atoms with van der Waals surface area (Å²) in [6.07, 6.45) is 1.78. The van der Waals surface area contributed by atoms with Crippen LogP contribution in [-0.2, 0) is 16.1 Å². The van der Waals surface area contributed by atoms with Crippen LogP contribution in [0.15, 0.2) is 22.6 Å². The molecule has 0 radical (unpaired) electrons. The zero-order chi connectivity index (χ0) is 18.0. The van der Waals surface area contributed by atoms with Crippen LogP contribution in [0.1, 0.15) is 10.4 Å². The zero-order valence-electron chi connectivity index (χ0n) is 14.4. The van der Waals surface area contributed by atoms with Gasteiger partial charge in [-0.05, 0) is 13.8 Å². The second-order valence-corrected chi connectivity index (χ2v) is 7.99. The highest BCUT2D eigenvalue weighted by molar-refractivity contribution is 7.99. The van der Waals surface area contributed by atoms with Crippen molar-refractivity contribution in [3.8, 4) is 0 Å². The maximum absolute atomic E-state index is 12.5. The molecule has 0 aliphatic carbocycles. The summed E-state index contributed by atoms with van der Waals surface area (Å²) in [5.41, 5.74) is 1.19. The number of aryl methyl sites for hydroxylation is 1. The molecule has 3 rings (SSSR count). The summed E-state index contributed by atoms with van der Waals surface area (Å²) >= 11 is 2.93. The minimum atomic E-state index is -0.0320. The quantitative estimate of drug-likeness (QED) is 0.589. The first-order chi connectivity index (χ1) is 12.0. The predicted octanol–water partition coefficient (Wildman–Crippen LogP) is 2.21. The van der Waals surface area contributed by atoms with Gasteiger partial charge in [-0.1, -0.05) is 17.8 Å². The molecule has 3 heterocycles. The van der Waals surface area contributed by atoms with Crippen LogP contribution in [0.4, 0.5) is 0 Å². The first kappa shape index (κ1) is 18.2. The Labute approximate surface area is 154 Å². The lowest BCUT2D eigenvalue weighted by Gasteiger charge is -2.26. The van der Waals surface area contributed by atoms with E-state index in [0.717, 1.165) is 15.3 Å². The molecular weight excluding hydrogens is 358 g/mol. The number of morpholine rings is 1. The van der Waals surface area contributed by atoms with E-state index in [2.05, 4.69) is 11.6 Å². The topological polar surface area (TPSA) is 64.4 Å². The second kappa shape index (κ2) is 7.72. The van der Waals surface area contributed by atoms with Crippen LogP contribution in [0.25, 0.3) is 10.3 Å². The summed E-state index contributed by atoms with van der Waals surface area (Å²) in [5, 5.41) is 0.690. The van der Waals surface area contributed by atoms with Crippen molar-refractivity contribution in [3.05, 3.63) is 33.3 Å². The average Bonchev–Trinajstić information content (AvgIpc) is 2.96. The Morgan fingerprint density at radius 3 is 2.80 bits per heavy atom. The summed E-state index contributed by atoms with van der Waals surface area (Å²) in [6, 6.07) is 0. The van der Waals surface area contributed by atoms with Crippen molar-refractivity contribution in [2.45, 2.75) is 25.5 Å². The predicted molar refractivity (Wildman–Crippen MR) is 102 cm³/mol. The maximum atomic E-state index is 12.5. The molecule has 0 atom stereocenters. The van der Waals surface area contributed by atoms with Gasteiger partial charge in [0, 0.05) is 30.1 Å². The van der Waals surface area contributed by atoms with E-state index in [0.29, 0.717) is 49.3 Å². The third-order valence-electron chi connectivity index (χ3n) is 4.22. The molecule has 8 heteroatoms. The fourth-order valence-corrected chi connectivity index (χ4v) is 4.67. The fourth-order valence-electron chi connectivity index (χ4n) is 2.66. The van der Waals surface area contributed by atoms with E-state index < -0.39 is 0 Å². The third kappa shape index (κ3) is 3.65. The number of hydrogen-bond donors (Lipinski definition) is 0. The number of ether oxygens (including phenoxy) is 1. The highest BCUT2D eigenvalue weighted by Gasteiger charge is 2.20. The Bertz CT molecular complexity index is 866. The molecule has 6 nitrogen and oxygen atoms in total. The molecule has 1 amide bonds. The molecule has 1 aliphatic heterocycles. The Balaban J connectivity index is 1.88. The van der Waals surface area contributed by atoms with Crippen molar-refractivity contribution in [1.82, 2.24) is 14.5 Å². The van der Waals surface area contributed by atoms with Crippen molar-refractivity contribution in [2.24, 2.45) is 0 Å². The number of allylic oxidation sites excluding steroid dienone is 1. The van der Waals surface area contributed by atoms with Crippen LogP contribution >= 0.6 is 23.1 Å². The molecule has 0 aromatic carbocycles. The van der Waals surface area contributed by atoms with Gasteiger partial charge in [-0.25, -0.2) is 4.98 Å². The Morgan fingerprint density at radius 1 is 1.40 bits per heavy atom. The summed E-state index contributed by atoms with van der Waals surface area (Å²) < 4.78 is 7.25. The summed E-state index contributed by atoms with van der Waals surface area (Å²) in [4.78, 5) is 33.0. The van der Waals surface area contributed by atoms with Gasteiger partial charge in [-0.3, -0.25) is 9.59 Å². The molecule has 1 saturated heterocycles. The van der Waals surface area contributed by atoms with Crippen LogP contribution in [0.3, 0.4) is 0 Å². The van der Waals surface area contributed by atoms with Gasteiger partial charge in [0.15, 0.2) is 5.16 Å². The molecule has 2 aromatic heterocycles. The number of amides is 1. The second-order valence-electron chi connectivity index (χ2n) is 5.84. The summed E-state index contributed by atoms with van der Waals surface area (Å²) in [7, 11) is 0. The van der Waals surface area contributed by atoms with Crippen LogP contribution in [-0.4, -0.2) is 52.4 Å². The van der Waals surface area contributed by atoms with Gasteiger partial charge < -0.3 is 14.2 Å². The highest BCUT2D eigenvalue weighted by Crippen LogP contribution is 2.28. The first-order valence-corrected chi connectivity index (χ1v) is 9.93. The number of hydrogen-bond acceptors (Lipinski definition) is 6. The van der Waals surface area contributed by atoms with Gasteiger partial charge >= 0.3 is 0 Å². The highest BCUT2D eigenvalue weighted by atomic mass is 32.2. The number of rotatable bonds is 5. The molecule has 0 spiro atoms. The number of nitrogens with zero attached hydrogens (tertiary/aromatic N) is 3. The van der Waals surface area contributed by atoms with Crippen molar-refractivity contribution in [2.75, 3.05) is 32.1 Å². The molecule has 1 aliphatic rings. The lowest BCUT2D eigenvalue weighted by Crippen LogP contribution is -2.41. The van der Waals surface area contributed by atoms with Gasteiger partial charge in [0.2, 0.25) is 11.3 Å². The van der Waals surface area contributed by atoms with Gasteiger partial charge in [0.25, 0.3) is 0 Å². The van der Waals surface area contributed by atoms with Gasteiger partial charge in [-0.2, -0.15) is 0 Å². The summed E-state index contributed by atoms with van der Waals surface area (Å²) in [6.45, 7) is 10.6. The van der Waals surface area contributed by atoms with Crippen LogP contribution in [0, 0.1) is 13.8 Å². The number of thioether (sulfide) groups is 1. The molecule has 1 fully saturated rings. The van der Waals surface area contributed by atoms with E-state index in [1.54, 1.807) is 17.4 Å². The molecule has 0 bridgehead atoms. The lowest BCUT2D eigenvalue weighted by molar-refractivity contribution is -0.132. The number of carbonyl (C=O) groups excluding carboxylic acids is 1. The van der Waals surface area contributed by atoms with E-state index in [1.807, 2.05) is 23.3 Å². The Morgan fingerprint density at radius 2 is 2.12 bits per heavy atom. The van der Waals surface area contributed by atoms with E-state index in [4.69, 9.17) is 4.74 Å². The van der Waals surface area contributed by atoms with Crippen molar-refractivity contribution in [1.29, 1.82) is 0 Å². The largest absolute Gasteiger partial charge is 0.378 e. The molecule has 0 saturated carbocycles. The molecule has 134 valence electrons. The van der Waals surface area contributed by atoms with Crippen molar-refractivity contribution < 1.29 is 9.53 Å². The van der Waals surface area contributed by atoms with Crippen molar-refractivity contribution in [3.63, 3.8) is 0 Å². The number of carbonyl (C=O) groups is 1. The zero-order valence-corrected chi connectivity index (χ0v) is 16.0. The number of fused-ring (bicyclic) bond motifs is 1. The smallest absolute Gasteiger partial charge is 0.233 e. The molecular formula is C17H21N3O3S2. The van der Waals surface area contributed by atoms with Gasteiger partial charge in [0.05, 0.1) is 19.0 Å². The number of aromatic nitrogens is 2. The van der Waals surface area contributed by atoms with Crippen LogP contribution in [0.2, 0.25) is 0 Å². The molecule has 0 N–H and O–H groups in total. The van der Waals surface area contributed by atoms with E-state index >= 15 is 0 Å². The summed E-state index contributed by atoms with van der Waals surface area (Å²) in [5.74, 6) is 0.376. The van der Waals surface area contributed by atoms with E-state index in [9.17, 15) is 9.59 Å². The minimum Gasteiger partial charge on any atom is -0.378 e. The first-order valence-electron chi connectivity index (χ1n) is 8.12. The lowest BCUT2D eigenvalue weighted by atomic mass is 10.2. The Hall–Kier alpha value is -1.64. The Kier molecular flexibility index (Phi) is 5.61. The van der Waals surface area contributed by atoms with Gasteiger partial charge in [0.1, 0.15) is 10.3 Å². The van der Waals surface area contributed by atoms with E-state index in [1.165, 1.54) is 11.8 Å². The fraction of sp³-hybridized carbons (Fsp3) is 0.471. The van der Waals surface area contributed by atoms with Crippen LogP contribution in [0.5, 0.6) is 0 Å². The minimum absolute atomic E-state index is 0.0320. The molecule has 25 heavy (non-hydrogen) atoms. The SMILES string of the molecule is C=CCn1c(SCC(=O)N2CCOCC2)nc2c(=O)c(C)c(C)sc21. The average molecular weight is 380 g/mol. The third-order valence-corrected chi connectivity index (χ3v) is 6.40. The number of imidazole rings is 1. The molecule has 2 aromatic rings. The van der Waals surface area contributed by atoms with Gasteiger partial charge in [-0.15, -0.1) is 17.9 Å². The normalized spacial score (nSPS) is 14.9. The standard InChI is InChI=1S/C17H21N3O3S2/c1-4-5-20-16-14(15(22)11(2)12(3)25-16)18-17(20)24-10-13(21)19-6-8-23-9-7-19/h4H,1,5-10H2,2-3H3. The van der Waals surface area contributed by atoms with Crippen molar-refractivity contribution >= 4 is 39.4 Å². The van der Waals surface area contributed by atoms with E-state index in [-0.39, 0.29) is 11.3 Å².